The van der Waals surface area contributed by atoms with Crippen LogP contribution in [-0.2, 0) is 32.7 Å². The highest BCUT2D eigenvalue weighted by Gasteiger charge is 2.21. The van der Waals surface area contributed by atoms with Crippen molar-refractivity contribution < 1.29 is 42.1 Å². The Morgan fingerprint density at radius 3 is 1.61 bits per heavy atom. The summed E-state index contributed by atoms with van der Waals surface area (Å²) in [6, 6.07) is 0. The summed E-state index contributed by atoms with van der Waals surface area (Å²) in [4.78, 5) is 37.4. The van der Waals surface area contributed by atoms with Crippen molar-refractivity contribution in [3.63, 3.8) is 0 Å². The molecule has 0 amide bonds. The smallest absolute Gasteiger partial charge is 0.306 e. The summed E-state index contributed by atoms with van der Waals surface area (Å²) in [5.41, 5.74) is 0. The molecule has 0 fully saturated rings. The molecule has 0 radical (unpaired) electrons. The number of carbonyl (C=O) groups excluding carboxylic acids is 2. The van der Waals surface area contributed by atoms with Gasteiger partial charge in [-0.3, -0.25) is 14.2 Å². The zero-order valence-corrected chi connectivity index (χ0v) is 34.4. The maximum absolute atomic E-state index is 12.6. The first-order valence-electron chi connectivity index (χ1n) is 20.5. The Hall–Kier alpha value is -1.51. The van der Waals surface area contributed by atoms with E-state index in [9.17, 15) is 19.0 Å². The van der Waals surface area contributed by atoms with Gasteiger partial charge in [-0.15, -0.1) is 0 Å². The minimum atomic E-state index is -4.62. The van der Waals surface area contributed by atoms with E-state index >= 15 is 0 Å². The summed E-state index contributed by atoms with van der Waals surface area (Å²) in [6.45, 7) is 4.16. The van der Waals surface area contributed by atoms with Crippen molar-refractivity contribution in [2.24, 2.45) is 0 Å². The number of allylic oxidation sites excluding steroid dienone is 4. The molecule has 0 spiro atoms. The van der Waals surface area contributed by atoms with Gasteiger partial charge < -0.3 is 27.9 Å². The second-order valence-corrected chi connectivity index (χ2v) is 16.4. The number of phosphoric ester groups is 1. The monoisotopic (exact) mass is 744 g/mol. The van der Waals surface area contributed by atoms with E-state index in [1.54, 1.807) is 0 Å². The van der Waals surface area contributed by atoms with E-state index in [1.807, 2.05) is 21.1 Å². The molecule has 0 aliphatic rings. The van der Waals surface area contributed by atoms with Crippen LogP contribution in [0.2, 0.25) is 0 Å². The van der Waals surface area contributed by atoms with E-state index in [0.29, 0.717) is 17.4 Å². The lowest BCUT2D eigenvalue weighted by Crippen LogP contribution is -2.37. The first-order valence-corrected chi connectivity index (χ1v) is 22.0. The zero-order chi connectivity index (χ0) is 37.9. The van der Waals surface area contributed by atoms with Gasteiger partial charge in [-0.05, 0) is 38.5 Å². The molecule has 0 heterocycles. The van der Waals surface area contributed by atoms with Crippen molar-refractivity contribution in [3.05, 3.63) is 24.3 Å². The van der Waals surface area contributed by atoms with Crippen LogP contribution in [0.3, 0.4) is 0 Å². The average Bonchev–Trinajstić information content (AvgIpc) is 3.07. The molecule has 2 atom stereocenters. The van der Waals surface area contributed by atoms with Crippen molar-refractivity contribution in [2.45, 2.75) is 180 Å². The van der Waals surface area contributed by atoms with Gasteiger partial charge in [0, 0.05) is 12.8 Å². The van der Waals surface area contributed by atoms with E-state index in [4.69, 9.17) is 18.5 Å². The third kappa shape index (κ3) is 38.0. The first kappa shape index (κ1) is 49.5. The molecule has 0 saturated carbocycles. The highest BCUT2D eigenvalue weighted by atomic mass is 31.2. The maximum atomic E-state index is 12.6. The Morgan fingerprint density at radius 1 is 0.608 bits per heavy atom. The molecule has 0 aromatic carbocycles. The highest BCUT2D eigenvalue weighted by Crippen LogP contribution is 2.38. The molecule has 0 rings (SSSR count). The number of carbonyl (C=O) groups is 2. The van der Waals surface area contributed by atoms with Crippen LogP contribution < -0.4 is 4.89 Å². The number of quaternary nitrogens is 1. The molecule has 300 valence electrons. The molecule has 0 N–H and O–H groups in total. The predicted molar refractivity (Wildman–Crippen MR) is 208 cm³/mol. The summed E-state index contributed by atoms with van der Waals surface area (Å²) in [5, 5.41) is 0. The standard InChI is InChI=1S/C41H78NO8P/c1-6-8-10-12-14-16-18-20-22-24-26-28-30-32-34-41(44)50-39(38-49-51(45,46)48-36-35-42(3,4)5)37-47-40(43)33-31-29-27-25-23-21-19-17-15-13-11-9-7-2/h12,14,18,20,39H,6-11,13,15-17,19,21-38H2,1-5H3/b14-12-,20-18-/t39-/m1/s1. The van der Waals surface area contributed by atoms with Gasteiger partial charge in [0.05, 0.1) is 27.7 Å². The molecule has 0 saturated heterocycles. The summed E-state index contributed by atoms with van der Waals surface area (Å²) in [6.07, 6.45) is 34.8. The normalized spacial score (nSPS) is 13.9. The van der Waals surface area contributed by atoms with Crippen LogP contribution in [0, 0.1) is 0 Å². The van der Waals surface area contributed by atoms with Crippen molar-refractivity contribution in [3.8, 4) is 0 Å². The molecule has 10 heteroatoms. The van der Waals surface area contributed by atoms with Crippen molar-refractivity contribution in [1.82, 2.24) is 0 Å². The van der Waals surface area contributed by atoms with Gasteiger partial charge in [0.1, 0.15) is 19.8 Å². The van der Waals surface area contributed by atoms with Crippen molar-refractivity contribution in [1.29, 1.82) is 0 Å². The van der Waals surface area contributed by atoms with E-state index in [2.05, 4.69) is 38.2 Å². The first-order chi connectivity index (χ1) is 24.5. The fourth-order valence-electron chi connectivity index (χ4n) is 5.43. The summed E-state index contributed by atoms with van der Waals surface area (Å²) >= 11 is 0. The van der Waals surface area contributed by atoms with Crippen LogP contribution in [0.15, 0.2) is 24.3 Å². The topological polar surface area (TPSA) is 111 Å². The second kappa shape index (κ2) is 34.3. The van der Waals surface area contributed by atoms with Crippen LogP contribution in [0.25, 0.3) is 0 Å². The van der Waals surface area contributed by atoms with Crippen LogP contribution in [0.4, 0.5) is 0 Å². The van der Waals surface area contributed by atoms with E-state index < -0.39 is 26.5 Å². The maximum Gasteiger partial charge on any atom is 0.306 e. The molecule has 0 aliphatic heterocycles. The number of unbranched alkanes of at least 4 members (excludes halogenated alkanes) is 19. The lowest BCUT2D eigenvalue weighted by molar-refractivity contribution is -0.870. The van der Waals surface area contributed by atoms with Crippen LogP contribution in [0.1, 0.15) is 174 Å². The quantitative estimate of drug-likeness (QED) is 0.0203. The minimum absolute atomic E-state index is 0.0321. The largest absolute Gasteiger partial charge is 0.756 e. The number of hydrogen-bond donors (Lipinski definition) is 0. The molecule has 1 unspecified atom stereocenters. The molecule has 0 aromatic heterocycles. The molecule has 0 aliphatic carbocycles. The summed E-state index contributed by atoms with van der Waals surface area (Å²) in [5.74, 6) is -0.848. The predicted octanol–water partition coefficient (Wildman–Crippen LogP) is 10.6. The fraction of sp³-hybridized carbons (Fsp3) is 0.854. The Bertz CT molecular complexity index is 933. The highest BCUT2D eigenvalue weighted by molar-refractivity contribution is 7.45. The molecule has 51 heavy (non-hydrogen) atoms. The van der Waals surface area contributed by atoms with Crippen molar-refractivity contribution in [2.75, 3.05) is 47.5 Å². The fourth-order valence-corrected chi connectivity index (χ4v) is 6.16. The van der Waals surface area contributed by atoms with Crippen molar-refractivity contribution >= 4 is 19.8 Å². The van der Waals surface area contributed by atoms with E-state index in [0.717, 1.165) is 64.2 Å². The number of phosphoric acid groups is 1. The van der Waals surface area contributed by atoms with Gasteiger partial charge >= 0.3 is 11.9 Å². The van der Waals surface area contributed by atoms with Gasteiger partial charge in [-0.25, -0.2) is 0 Å². The molecular formula is C41H78NO8P. The van der Waals surface area contributed by atoms with Crippen LogP contribution in [-0.4, -0.2) is 70.0 Å². The molecule has 0 aromatic rings. The third-order valence-electron chi connectivity index (χ3n) is 8.72. The molecular weight excluding hydrogens is 665 g/mol. The Labute approximate surface area is 313 Å². The molecule has 9 nitrogen and oxygen atoms in total. The number of esters is 2. The average molecular weight is 744 g/mol. The minimum Gasteiger partial charge on any atom is -0.756 e. The molecule has 0 bridgehead atoms. The number of nitrogens with zero attached hydrogens (tertiary/aromatic N) is 1. The summed E-state index contributed by atoms with van der Waals surface area (Å²) in [7, 11) is 1.16. The zero-order valence-electron chi connectivity index (χ0n) is 33.6. The SMILES string of the molecule is CCCC/C=C\C/C=C\CCCCCCCC(=O)O[C@H](COC(=O)CCCCCCCCCCCCCCC)COP(=O)([O-])OCC[N+](C)(C)C. The van der Waals surface area contributed by atoms with Gasteiger partial charge in [0.2, 0.25) is 0 Å². The number of likely N-dealkylation sites (N-methyl/N-ethyl adjacent to an activating group) is 1. The second-order valence-electron chi connectivity index (χ2n) is 15.0. The Kier molecular flexibility index (Phi) is 33.3. The number of ether oxygens (including phenoxy) is 2. The van der Waals surface area contributed by atoms with E-state index in [1.165, 1.54) is 77.0 Å². The van der Waals surface area contributed by atoms with Gasteiger partial charge in [-0.1, -0.05) is 147 Å². The lowest BCUT2D eigenvalue weighted by Gasteiger charge is -2.28. The van der Waals surface area contributed by atoms with Gasteiger partial charge in [-0.2, -0.15) is 0 Å². The van der Waals surface area contributed by atoms with Gasteiger partial charge in [0.25, 0.3) is 7.82 Å². The summed E-state index contributed by atoms with van der Waals surface area (Å²) < 4.78 is 33.8. The van der Waals surface area contributed by atoms with Crippen LogP contribution >= 0.6 is 7.82 Å². The van der Waals surface area contributed by atoms with E-state index in [-0.39, 0.29) is 32.0 Å². The van der Waals surface area contributed by atoms with Crippen LogP contribution in [0.5, 0.6) is 0 Å². The number of hydrogen-bond acceptors (Lipinski definition) is 8. The number of rotatable bonds is 37. The van der Waals surface area contributed by atoms with Gasteiger partial charge in [0.15, 0.2) is 6.10 Å². The third-order valence-corrected chi connectivity index (χ3v) is 9.69. The Balaban J connectivity index is 4.42. The Morgan fingerprint density at radius 2 is 1.08 bits per heavy atom. The lowest BCUT2D eigenvalue weighted by atomic mass is 10.0.